The van der Waals surface area contributed by atoms with Gasteiger partial charge in [-0.05, 0) is 17.7 Å². The van der Waals surface area contributed by atoms with Gasteiger partial charge in [0.2, 0.25) is 5.91 Å². The molecule has 0 saturated heterocycles. The molecule has 1 unspecified atom stereocenters. The summed E-state index contributed by atoms with van der Waals surface area (Å²) in [6.45, 7) is 0.535. The van der Waals surface area contributed by atoms with Gasteiger partial charge in [-0.25, -0.2) is 0 Å². The zero-order valence-corrected chi connectivity index (χ0v) is 11.9. The number of hydrogen-bond acceptors (Lipinski definition) is 4. The molecule has 1 atom stereocenters. The summed E-state index contributed by atoms with van der Waals surface area (Å²) < 4.78 is 5.83. The van der Waals surface area contributed by atoms with Crippen LogP contribution in [0.5, 0.6) is 5.75 Å². The molecule has 6 heteroatoms. The Labute approximate surface area is 125 Å². The van der Waals surface area contributed by atoms with Crippen LogP contribution in [0.25, 0.3) is 6.08 Å². The lowest BCUT2D eigenvalue weighted by atomic mass is 10.0. The summed E-state index contributed by atoms with van der Waals surface area (Å²) in [5, 5.41) is 9.82. The van der Waals surface area contributed by atoms with Gasteiger partial charge in [0.1, 0.15) is 18.2 Å². The van der Waals surface area contributed by atoms with Gasteiger partial charge in [0, 0.05) is 11.1 Å². The Morgan fingerprint density at radius 2 is 2.24 bits per heavy atom. The van der Waals surface area contributed by atoms with Gasteiger partial charge >= 0.3 is 0 Å². The molecule has 2 aromatic rings. The molecule has 4 rings (SSSR count). The van der Waals surface area contributed by atoms with Gasteiger partial charge < -0.3 is 10.1 Å². The van der Waals surface area contributed by atoms with E-state index in [0.717, 1.165) is 22.4 Å². The SMILES string of the molecule is O=C1CSC(C2=Cc3ccccc3OC2)c2cn[nH]c2N1. The van der Waals surface area contributed by atoms with Crippen LogP contribution in [-0.2, 0) is 4.79 Å². The number of para-hydroxylation sites is 1. The van der Waals surface area contributed by atoms with Crippen molar-refractivity contribution < 1.29 is 9.53 Å². The van der Waals surface area contributed by atoms with Crippen molar-refractivity contribution in [3.63, 3.8) is 0 Å². The number of fused-ring (bicyclic) bond motifs is 2. The van der Waals surface area contributed by atoms with Crippen molar-refractivity contribution in [2.24, 2.45) is 0 Å². The summed E-state index contributed by atoms with van der Waals surface area (Å²) in [6, 6.07) is 7.97. The molecule has 0 bridgehead atoms. The molecular formula is C15H13N3O2S. The number of ether oxygens (including phenoxy) is 1. The number of rotatable bonds is 1. The lowest BCUT2D eigenvalue weighted by molar-refractivity contribution is -0.113. The van der Waals surface area contributed by atoms with Gasteiger partial charge in [0.05, 0.1) is 17.2 Å². The van der Waals surface area contributed by atoms with Crippen LogP contribution in [0.1, 0.15) is 16.4 Å². The molecule has 2 N–H and O–H groups in total. The largest absolute Gasteiger partial charge is 0.489 e. The van der Waals surface area contributed by atoms with Crippen molar-refractivity contribution in [3.8, 4) is 5.75 Å². The van der Waals surface area contributed by atoms with Crippen LogP contribution in [0, 0.1) is 0 Å². The van der Waals surface area contributed by atoms with E-state index in [4.69, 9.17) is 4.74 Å². The number of amides is 1. The predicted octanol–water partition coefficient (Wildman–Crippen LogP) is 2.61. The van der Waals surface area contributed by atoms with Gasteiger partial charge in [-0.1, -0.05) is 18.2 Å². The molecule has 2 aliphatic heterocycles. The number of H-pyrrole nitrogens is 1. The van der Waals surface area contributed by atoms with Crippen LogP contribution in [0.3, 0.4) is 0 Å². The summed E-state index contributed by atoms with van der Waals surface area (Å²) in [5.41, 5.74) is 3.23. The number of carbonyl (C=O) groups is 1. The molecule has 5 nitrogen and oxygen atoms in total. The van der Waals surface area contributed by atoms with E-state index in [9.17, 15) is 4.79 Å². The highest BCUT2D eigenvalue weighted by Gasteiger charge is 2.28. The molecule has 0 saturated carbocycles. The topological polar surface area (TPSA) is 67.0 Å². The predicted molar refractivity (Wildman–Crippen MR) is 82.3 cm³/mol. The van der Waals surface area contributed by atoms with E-state index >= 15 is 0 Å². The monoisotopic (exact) mass is 299 g/mol. The highest BCUT2D eigenvalue weighted by Crippen LogP contribution is 2.43. The fraction of sp³-hybridized carbons (Fsp3) is 0.200. The normalized spacial score (nSPS) is 20.5. The molecule has 0 aliphatic carbocycles. The number of benzene rings is 1. The van der Waals surface area contributed by atoms with Crippen molar-refractivity contribution in [2.45, 2.75) is 5.25 Å². The van der Waals surface area contributed by atoms with Crippen molar-refractivity contribution in [2.75, 3.05) is 17.7 Å². The Kier molecular flexibility index (Phi) is 2.96. The Morgan fingerprint density at radius 1 is 1.33 bits per heavy atom. The zero-order chi connectivity index (χ0) is 14.2. The Hall–Kier alpha value is -2.21. The smallest absolute Gasteiger partial charge is 0.235 e. The van der Waals surface area contributed by atoms with Gasteiger partial charge in [0.15, 0.2) is 0 Å². The maximum absolute atomic E-state index is 11.7. The number of thioether (sulfide) groups is 1. The first-order valence-corrected chi connectivity index (χ1v) is 7.73. The van der Waals surface area contributed by atoms with Crippen molar-refractivity contribution in [1.29, 1.82) is 0 Å². The minimum Gasteiger partial charge on any atom is -0.489 e. The van der Waals surface area contributed by atoms with E-state index < -0.39 is 0 Å². The quantitative estimate of drug-likeness (QED) is 0.849. The first-order valence-electron chi connectivity index (χ1n) is 6.68. The van der Waals surface area contributed by atoms with E-state index in [1.165, 1.54) is 0 Å². The molecule has 0 radical (unpaired) electrons. The third kappa shape index (κ3) is 2.21. The first-order chi connectivity index (χ1) is 10.3. The molecule has 0 fully saturated rings. The summed E-state index contributed by atoms with van der Waals surface area (Å²) in [4.78, 5) is 11.7. The molecule has 2 aliphatic rings. The van der Waals surface area contributed by atoms with E-state index in [2.05, 4.69) is 21.6 Å². The van der Waals surface area contributed by atoms with Gasteiger partial charge in [-0.3, -0.25) is 9.89 Å². The van der Waals surface area contributed by atoms with Crippen LogP contribution in [0.4, 0.5) is 5.82 Å². The number of aromatic nitrogens is 2. The lowest BCUT2D eigenvalue weighted by Gasteiger charge is -2.23. The maximum atomic E-state index is 11.7. The number of nitrogens with zero attached hydrogens (tertiary/aromatic N) is 1. The minimum absolute atomic E-state index is 0.00859. The van der Waals surface area contributed by atoms with Crippen molar-refractivity contribution in [1.82, 2.24) is 10.2 Å². The van der Waals surface area contributed by atoms with Gasteiger partial charge in [-0.2, -0.15) is 5.10 Å². The fourth-order valence-electron chi connectivity index (χ4n) is 2.61. The number of anilines is 1. The van der Waals surface area contributed by atoms with Crippen LogP contribution < -0.4 is 10.1 Å². The molecule has 1 amide bonds. The summed E-state index contributed by atoms with van der Waals surface area (Å²) in [7, 11) is 0. The molecule has 106 valence electrons. The van der Waals surface area contributed by atoms with E-state index in [0.29, 0.717) is 18.2 Å². The average Bonchev–Trinajstić information content (AvgIpc) is 2.89. The standard InChI is InChI=1S/C15H13N3O2S/c19-13-8-21-14(11-6-16-18-15(11)17-13)10-5-9-3-1-2-4-12(9)20-7-10/h1-6,14H,7-8H2,(H2,16,17,18,19). The molecular weight excluding hydrogens is 286 g/mol. The number of nitrogens with one attached hydrogen (secondary N) is 2. The van der Waals surface area contributed by atoms with E-state index in [1.807, 2.05) is 24.3 Å². The van der Waals surface area contributed by atoms with Crippen LogP contribution >= 0.6 is 11.8 Å². The van der Waals surface area contributed by atoms with Crippen LogP contribution in [-0.4, -0.2) is 28.5 Å². The lowest BCUT2D eigenvalue weighted by Crippen LogP contribution is -2.13. The third-order valence-corrected chi connectivity index (χ3v) is 4.91. The number of aromatic amines is 1. The van der Waals surface area contributed by atoms with E-state index in [-0.39, 0.29) is 11.2 Å². The second kappa shape index (κ2) is 4.96. The first kappa shape index (κ1) is 12.5. The Morgan fingerprint density at radius 3 is 3.19 bits per heavy atom. The van der Waals surface area contributed by atoms with Crippen molar-refractivity contribution >= 4 is 29.6 Å². The summed E-state index contributed by atoms with van der Waals surface area (Å²) in [5.74, 6) is 2.01. The highest BCUT2D eigenvalue weighted by molar-refractivity contribution is 8.00. The summed E-state index contributed by atoms with van der Waals surface area (Å²) >= 11 is 1.60. The van der Waals surface area contributed by atoms with Gasteiger partial charge in [-0.15, -0.1) is 11.8 Å². The highest BCUT2D eigenvalue weighted by atomic mass is 32.2. The number of carbonyl (C=O) groups excluding carboxylic acids is 1. The molecule has 1 aromatic carbocycles. The molecule has 3 heterocycles. The van der Waals surface area contributed by atoms with Crippen LogP contribution in [0.2, 0.25) is 0 Å². The molecule has 1 aromatic heterocycles. The Bertz CT molecular complexity index is 738. The zero-order valence-electron chi connectivity index (χ0n) is 11.1. The van der Waals surface area contributed by atoms with Crippen LogP contribution in [0.15, 0.2) is 36.0 Å². The van der Waals surface area contributed by atoms with Gasteiger partial charge in [0.25, 0.3) is 0 Å². The molecule has 0 spiro atoms. The van der Waals surface area contributed by atoms with E-state index in [1.54, 1.807) is 18.0 Å². The fourth-order valence-corrected chi connectivity index (χ4v) is 3.71. The minimum atomic E-state index is -0.00859. The molecule has 21 heavy (non-hydrogen) atoms. The Balaban J connectivity index is 1.75. The summed E-state index contributed by atoms with van der Waals surface area (Å²) in [6.07, 6.45) is 3.93. The second-order valence-corrected chi connectivity index (χ2v) is 6.08. The number of hydrogen-bond donors (Lipinski definition) is 2. The maximum Gasteiger partial charge on any atom is 0.235 e. The third-order valence-electron chi connectivity index (χ3n) is 3.59. The second-order valence-electron chi connectivity index (χ2n) is 4.99. The average molecular weight is 299 g/mol. The van der Waals surface area contributed by atoms with Crippen molar-refractivity contribution in [3.05, 3.63) is 47.2 Å².